The molecule has 5 nitrogen and oxygen atoms in total. The van der Waals surface area contributed by atoms with Crippen molar-refractivity contribution in [1.82, 2.24) is 14.6 Å². The van der Waals surface area contributed by atoms with Gasteiger partial charge in [-0.2, -0.15) is 13.2 Å². The number of rotatable bonds is 7. The van der Waals surface area contributed by atoms with Crippen molar-refractivity contribution in [3.05, 3.63) is 18.0 Å². The third kappa shape index (κ3) is 5.14. The first-order valence-electron chi connectivity index (χ1n) is 6.08. The average molecular weight is 313 g/mol. The summed E-state index contributed by atoms with van der Waals surface area (Å²) in [5.74, 6) is 0. The van der Waals surface area contributed by atoms with Gasteiger partial charge in [-0.05, 0) is 19.0 Å². The molecule has 0 aliphatic carbocycles. The van der Waals surface area contributed by atoms with Gasteiger partial charge in [-0.3, -0.25) is 0 Å². The molecular weight excluding hydrogens is 295 g/mol. The molecule has 1 rings (SSSR count). The second kappa shape index (κ2) is 6.59. The zero-order valence-corrected chi connectivity index (χ0v) is 12.1. The monoisotopic (exact) mass is 313 g/mol. The van der Waals surface area contributed by atoms with Gasteiger partial charge in [-0.25, -0.2) is 13.1 Å². The van der Waals surface area contributed by atoms with E-state index in [-0.39, 0.29) is 4.90 Å². The Labute approximate surface area is 116 Å². The maximum atomic E-state index is 12.0. The Morgan fingerprint density at radius 3 is 2.55 bits per heavy atom. The largest absolute Gasteiger partial charge is 0.402 e. The van der Waals surface area contributed by atoms with Crippen molar-refractivity contribution >= 4 is 10.0 Å². The molecule has 2 N–H and O–H groups in total. The lowest BCUT2D eigenvalue weighted by Crippen LogP contribution is -2.33. The van der Waals surface area contributed by atoms with E-state index >= 15 is 0 Å². The van der Waals surface area contributed by atoms with Gasteiger partial charge in [0.2, 0.25) is 10.0 Å². The smallest absolute Gasteiger partial charge is 0.352 e. The molecule has 0 fully saturated rings. The van der Waals surface area contributed by atoms with Gasteiger partial charge in [-0.1, -0.05) is 6.92 Å². The fourth-order valence-electron chi connectivity index (χ4n) is 1.55. The van der Waals surface area contributed by atoms with Crippen molar-refractivity contribution in [1.29, 1.82) is 0 Å². The quantitative estimate of drug-likeness (QED) is 0.747. The number of halogens is 3. The lowest BCUT2D eigenvalue weighted by Gasteiger charge is -2.07. The van der Waals surface area contributed by atoms with Crippen LogP contribution >= 0.6 is 0 Å². The third-order valence-electron chi connectivity index (χ3n) is 2.59. The number of hydrogen-bond donors (Lipinski definition) is 2. The van der Waals surface area contributed by atoms with Crippen molar-refractivity contribution < 1.29 is 21.6 Å². The van der Waals surface area contributed by atoms with Gasteiger partial charge in [0.25, 0.3) is 0 Å². The minimum Gasteiger partial charge on any atom is -0.352 e. The molecule has 0 aliphatic heterocycles. The molecule has 1 heterocycles. The van der Waals surface area contributed by atoms with E-state index in [9.17, 15) is 21.6 Å². The van der Waals surface area contributed by atoms with Crippen molar-refractivity contribution in [3.63, 3.8) is 0 Å². The first-order valence-corrected chi connectivity index (χ1v) is 7.56. The molecule has 0 aliphatic rings. The van der Waals surface area contributed by atoms with Crippen molar-refractivity contribution in [2.75, 3.05) is 13.1 Å². The van der Waals surface area contributed by atoms with Crippen LogP contribution in [0.15, 0.2) is 17.2 Å². The fraction of sp³-hybridized carbons (Fsp3) is 0.636. The Bertz CT molecular complexity index is 538. The second-order valence-electron chi connectivity index (χ2n) is 4.39. The predicted molar refractivity (Wildman–Crippen MR) is 68.7 cm³/mol. The maximum Gasteiger partial charge on any atom is 0.402 e. The van der Waals surface area contributed by atoms with Crippen LogP contribution in [-0.2, 0) is 23.6 Å². The summed E-state index contributed by atoms with van der Waals surface area (Å²) in [5.41, 5.74) is 0.686. The van der Waals surface area contributed by atoms with Gasteiger partial charge in [-0.15, -0.1) is 0 Å². The zero-order chi connectivity index (χ0) is 15.4. The van der Waals surface area contributed by atoms with Gasteiger partial charge < -0.3 is 9.88 Å². The van der Waals surface area contributed by atoms with Crippen LogP contribution in [-0.4, -0.2) is 32.3 Å². The Hall–Kier alpha value is -1.06. The molecule has 0 aromatic carbocycles. The fourth-order valence-corrected chi connectivity index (χ4v) is 2.66. The van der Waals surface area contributed by atoms with E-state index in [1.165, 1.54) is 17.0 Å². The topological polar surface area (TPSA) is 63.1 Å². The Morgan fingerprint density at radius 2 is 2.00 bits per heavy atom. The van der Waals surface area contributed by atoms with Crippen LogP contribution in [0.4, 0.5) is 13.2 Å². The zero-order valence-electron chi connectivity index (χ0n) is 11.3. The molecule has 0 spiro atoms. The first-order chi connectivity index (χ1) is 9.15. The number of alkyl halides is 3. The molecule has 0 bridgehead atoms. The standard InChI is InChI=1S/C11H18F3N3O2S/c1-3-4-15-6-9-5-10(7-17(9)2)20(18,19)16-8-11(12,13)14/h5,7,15-16H,3-4,6,8H2,1-2H3. The van der Waals surface area contributed by atoms with E-state index < -0.39 is 22.7 Å². The number of hydrogen-bond acceptors (Lipinski definition) is 3. The van der Waals surface area contributed by atoms with Crippen LogP contribution in [0.1, 0.15) is 19.0 Å². The molecular formula is C11H18F3N3O2S. The maximum absolute atomic E-state index is 12.0. The Kier molecular flexibility index (Phi) is 5.60. The molecule has 0 saturated heterocycles. The van der Waals surface area contributed by atoms with E-state index in [1.54, 1.807) is 11.6 Å². The van der Waals surface area contributed by atoms with Crippen LogP contribution in [0.25, 0.3) is 0 Å². The molecule has 1 aromatic rings. The van der Waals surface area contributed by atoms with Crippen LogP contribution in [0.5, 0.6) is 0 Å². The lowest BCUT2D eigenvalue weighted by molar-refractivity contribution is -0.121. The van der Waals surface area contributed by atoms with E-state index in [2.05, 4.69) is 5.32 Å². The number of sulfonamides is 1. The molecule has 0 amide bonds. The van der Waals surface area contributed by atoms with E-state index in [0.29, 0.717) is 12.2 Å². The third-order valence-corrected chi connectivity index (χ3v) is 3.96. The number of nitrogens with zero attached hydrogens (tertiary/aromatic N) is 1. The molecule has 0 atom stereocenters. The number of aryl methyl sites for hydroxylation is 1. The van der Waals surface area contributed by atoms with Crippen molar-refractivity contribution in [2.24, 2.45) is 7.05 Å². The summed E-state index contributed by atoms with van der Waals surface area (Å²) in [4.78, 5) is -0.169. The van der Waals surface area contributed by atoms with E-state index in [0.717, 1.165) is 13.0 Å². The highest BCUT2D eigenvalue weighted by Crippen LogP contribution is 2.17. The Balaban J connectivity index is 2.78. The van der Waals surface area contributed by atoms with Gasteiger partial charge >= 0.3 is 6.18 Å². The first kappa shape index (κ1) is 17.0. The van der Waals surface area contributed by atoms with Crippen LogP contribution in [0.3, 0.4) is 0 Å². The Morgan fingerprint density at radius 1 is 1.35 bits per heavy atom. The van der Waals surface area contributed by atoms with Gasteiger partial charge in [0.15, 0.2) is 0 Å². The average Bonchev–Trinajstić information content (AvgIpc) is 2.69. The second-order valence-corrected chi connectivity index (χ2v) is 6.16. The van der Waals surface area contributed by atoms with Gasteiger partial charge in [0.1, 0.15) is 6.54 Å². The molecule has 9 heteroatoms. The predicted octanol–water partition coefficient (Wildman–Crippen LogP) is 1.37. The minimum atomic E-state index is -4.58. The summed E-state index contributed by atoms with van der Waals surface area (Å²) >= 11 is 0. The van der Waals surface area contributed by atoms with E-state index in [4.69, 9.17) is 0 Å². The van der Waals surface area contributed by atoms with Crippen LogP contribution in [0.2, 0.25) is 0 Å². The molecule has 116 valence electrons. The summed E-state index contributed by atoms with van der Waals surface area (Å²) in [5, 5.41) is 3.10. The summed E-state index contributed by atoms with van der Waals surface area (Å²) in [6, 6.07) is 1.36. The highest BCUT2D eigenvalue weighted by atomic mass is 32.2. The summed E-state index contributed by atoms with van der Waals surface area (Å²) in [6.45, 7) is 1.65. The van der Waals surface area contributed by atoms with Crippen molar-refractivity contribution in [2.45, 2.75) is 31.0 Å². The summed E-state index contributed by atoms with van der Waals surface area (Å²) in [7, 11) is -2.50. The number of aromatic nitrogens is 1. The SMILES string of the molecule is CCCNCc1cc(S(=O)(=O)NCC(F)(F)F)cn1C. The highest BCUT2D eigenvalue weighted by Gasteiger charge is 2.30. The molecule has 1 aromatic heterocycles. The number of nitrogens with one attached hydrogen (secondary N) is 2. The summed E-state index contributed by atoms with van der Waals surface area (Å²) in [6.07, 6.45) is -2.35. The summed E-state index contributed by atoms with van der Waals surface area (Å²) < 4.78 is 62.7. The van der Waals surface area contributed by atoms with Gasteiger partial charge in [0, 0.05) is 25.5 Å². The lowest BCUT2D eigenvalue weighted by atomic mass is 10.4. The van der Waals surface area contributed by atoms with Crippen LogP contribution < -0.4 is 10.0 Å². The molecule has 0 radical (unpaired) electrons. The highest BCUT2D eigenvalue weighted by molar-refractivity contribution is 7.89. The molecule has 20 heavy (non-hydrogen) atoms. The van der Waals surface area contributed by atoms with Crippen molar-refractivity contribution in [3.8, 4) is 0 Å². The minimum absolute atomic E-state index is 0.169. The van der Waals surface area contributed by atoms with Crippen LogP contribution in [0, 0.1) is 0 Å². The molecule has 0 saturated carbocycles. The van der Waals surface area contributed by atoms with E-state index in [1.807, 2.05) is 6.92 Å². The normalized spacial score (nSPS) is 12.8. The molecule has 0 unspecified atom stereocenters. The van der Waals surface area contributed by atoms with Gasteiger partial charge in [0.05, 0.1) is 4.90 Å².